The highest BCUT2D eigenvalue weighted by Crippen LogP contribution is 2.25. The molecular formula is C14H20N2O. The number of nitrogens with one attached hydrogen (secondary N) is 2. The van der Waals surface area contributed by atoms with E-state index in [1.807, 2.05) is 0 Å². The van der Waals surface area contributed by atoms with Gasteiger partial charge in [-0.2, -0.15) is 0 Å². The molecule has 3 heteroatoms. The second kappa shape index (κ2) is 5.07. The van der Waals surface area contributed by atoms with Crippen LogP contribution in [0.2, 0.25) is 0 Å². The normalized spacial score (nSPS) is 19.3. The maximum Gasteiger partial charge on any atom is 0.122 e. The lowest BCUT2D eigenvalue weighted by atomic mass is 10.0. The van der Waals surface area contributed by atoms with Crippen LogP contribution in [0.3, 0.4) is 0 Å². The second-order valence-electron chi connectivity index (χ2n) is 5.05. The molecule has 2 heterocycles. The minimum absolute atomic E-state index is 0.830. The van der Waals surface area contributed by atoms with E-state index in [4.69, 9.17) is 4.74 Å². The Balaban J connectivity index is 1.55. The summed E-state index contributed by atoms with van der Waals surface area (Å²) in [4.78, 5) is 0. The summed E-state index contributed by atoms with van der Waals surface area (Å²) in [5, 5.41) is 6.82. The van der Waals surface area contributed by atoms with Gasteiger partial charge in [0.15, 0.2) is 0 Å². The van der Waals surface area contributed by atoms with Crippen LogP contribution in [0, 0.1) is 5.92 Å². The highest BCUT2D eigenvalue weighted by Gasteiger charge is 2.15. The fourth-order valence-electron chi connectivity index (χ4n) is 2.44. The quantitative estimate of drug-likeness (QED) is 0.821. The fraction of sp³-hybridized carbons (Fsp3) is 0.571. The molecule has 0 unspecified atom stereocenters. The molecule has 2 aliphatic heterocycles. The van der Waals surface area contributed by atoms with Crippen LogP contribution in [0.4, 0.5) is 0 Å². The van der Waals surface area contributed by atoms with Crippen molar-refractivity contribution >= 4 is 0 Å². The minimum Gasteiger partial charge on any atom is -0.493 e. The summed E-state index contributed by atoms with van der Waals surface area (Å²) < 4.78 is 5.62. The van der Waals surface area contributed by atoms with Crippen molar-refractivity contribution < 1.29 is 4.74 Å². The van der Waals surface area contributed by atoms with Crippen molar-refractivity contribution in [2.24, 2.45) is 5.92 Å². The van der Waals surface area contributed by atoms with Crippen molar-refractivity contribution in [3.05, 3.63) is 29.3 Å². The maximum atomic E-state index is 5.62. The van der Waals surface area contributed by atoms with Crippen LogP contribution in [0.1, 0.15) is 17.5 Å². The van der Waals surface area contributed by atoms with Crippen molar-refractivity contribution in [3.8, 4) is 5.75 Å². The first-order valence-corrected chi connectivity index (χ1v) is 6.58. The van der Waals surface area contributed by atoms with Crippen molar-refractivity contribution in [1.29, 1.82) is 0 Å². The minimum atomic E-state index is 0.830. The SMILES string of the molecule is c1cc2c(cc1CNCC1CNC1)CCCO2. The van der Waals surface area contributed by atoms with Gasteiger partial charge in [-0.15, -0.1) is 0 Å². The molecule has 92 valence electrons. The van der Waals surface area contributed by atoms with E-state index in [9.17, 15) is 0 Å². The Hall–Kier alpha value is -1.06. The van der Waals surface area contributed by atoms with E-state index < -0.39 is 0 Å². The molecule has 1 aromatic carbocycles. The highest BCUT2D eigenvalue weighted by atomic mass is 16.5. The third-order valence-corrected chi connectivity index (χ3v) is 3.60. The maximum absolute atomic E-state index is 5.62. The number of hydrogen-bond acceptors (Lipinski definition) is 3. The van der Waals surface area contributed by atoms with Gasteiger partial charge in [-0.05, 0) is 36.0 Å². The Morgan fingerprint density at radius 3 is 3.12 bits per heavy atom. The van der Waals surface area contributed by atoms with Gasteiger partial charge in [0.1, 0.15) is 5.75 Å². The fourth-order valence-corrected chi connectivity index (χ4v) is 2.44. The molecule has 3 nitrogen and oxygen atoms in total. The molecule has 0 radical (unpaired) electrons. The summed E-state index contributed by atoms with van der Waals surface area (Å²) in [6.07, 6.45) is 2.31. The molecule has 1 saturated heterocycles. The number of ether oxygens (including phenoxy) is 1. The molecular weight excluding hydrogens is 212 g/mol. The summed E-state index contributed by atoms with van der Waals surface area (Å²) in [6, 6.07) is 6.59. The number of fused-ring (bicyclic) bond motifs is 1. The van der Waals surface area contributed by atoms with E-state index >= 15 is 0 Å². The molecule has 3 rings (SSSR count). The molecule has 0 amide bonds. The van der Waals surface area contributed by atoms with Gasteiger partial charge >= 0.3 is 0 Å². The third kappa shape index (κ3) is 2.61. The van der Waals surface area contributed by atoms with Gasteiger partial charge in [-0.3, -0.25) is 0 Å². The Bertz CT molecular complexity index is 388. The lowest BCUT2D eigenvalue weighted by molar-refractivity contribution is 0.288. The number of rotatable bonds is 4. The van der Waals surface area contributed by atoms with Crippen LogP contribution in [0.25, 0.3) is 0 Å². The average Bonchev–Trinajstić information content (AvgIpc) is 2.32. The molecule has 1 fully saturated rings. The molecule has 1 aromatic rings. The molecule has 0 aromatic heterocycles. The summed E-state index contributed by atoms with van der Waals surface area (Å²) >= 11 is 0. The zero-order valence-corrected chi connectivity index (χ0v) is 10.2. The van der Waals surface area contributed by atoms with Gasteiger partial charge in [0.05, 0.1) is 6.61 Å². The van der Waals surface area contributed by atoms with E-state index in [0.717, 1.165) is 44.2 Å². The van der Waals surface area contributed by atoms with Gasteiger partial charge in [0, 0.05) is 26.2 Å². The molecule has 17 heavy (non-hydrogen) atoms. The smallest absolute Gasteiger partial charge is 0.122 e. The number of benzene rings is 1. The monoisotopic (exact) mass is 232 g/mol. The first-order chi connectivity index (χ1) is 8.42. The van der Waals surface area contributed by atoms with Crippen molar-refractivity contribution in [2.75, 3.05) is 26.2 Å². The Kier molecular flexibility index (Phi) is 3.29. The lowest BCUT2D eigenvalue weighted by Gasteiger charge is -2.27. The zero-order chi connectivity index (χ0) is 11.5. The topological polar surface area (TPSA) is 33.3 Å². The van der Waals surface area contributed by atoms with Crippen LogP contribution in [-0.2, 0) is 13.0 Å². The first kappa shape index (κ1) is 11.1. The van der Waals surface area contributed by atoms with Crippen LogP contribution < -0.4 is 15.4 Å². The number of aryl methyl sites for hydroxylation is 1. The lowest BCUT2D eigenvalue weighted by Crippen LogP contribution is -2.47. The van der Waals surface area contributed by atoms with Gasteiger partial charge < -0.3 is 15.4 Å². The van der Waals surface area contributed by atoms with Gasteiger partial charge in [-0.25, -0.2) is 0 Å². The molecule has 2 aliphatic rings. The molecule has 0 bridgehead atoms. The van der Waals surface area contributed by atoms with Gasteiger partial charge in [-0.1, -0.05) is 12.1 Å². The van der Waals surface area contributed by atoms with Crippen LogP contribution in [0.15, 0.2) is 18.2 Å². The molecule has 0 atom stereocenters. The molecule has 0 aliphatic carbocycles. The summed E-state index contributed by atoms with van der Waals surface area (Å²) in [6.45, 7) is 5.32. The zero-order valence-electron chi connectivity index (χ0n) is 10.2. The largest absolute Gasteiger partial charge is 0.493 e. The van der Waals surface area contributed by atoms with Gasteiger partial charge in [0.2, 0.25) is 0 Å². The third-order valence-electron chi connectivity index (χ3n) is 3.60. The van der Waals surface area contributed by atoms with E-state index in [2.05, 4.69) is 28.8 Å². The summed E-state index contributed by atoms with van der Waals surface area (Å²) in [5.41, 5.74) is 2.75. The summed E-state index contributed by atoms with van der Waals surface area (Å²) in [7, 11) is 0. The predicted molar refractivity (Wildman–Crippen MR) is 68.3 cm³/mol. The van der Waals surface area contributed by atoms with E-state index in [-0.39, 0.29) is 0 Å². The Morgan fingerprint density at radius 2 is 2.29 bits per heavy atom. The van der Waals surface area contributed by atoms with E-state index in [1.165, 1.54) is 24.2 Å². The Labute approximate surface area is 103 Å². The van der Waals surface area contributed by atoms with Crippen molar-refractivity contribution in [3.63, 3.8) is 0 Å². The standard InChI is InChI=1S/C14H20N2O/c1-2-13-6-11(3-4-14(13)17-5-1)7-15-8-12-9-16-10-12/h3-4,6,12,15-16H,1-2,5,7-10H2. The molecule has 0 saturated carbocycles. The first-order valence-electron chi connectivity index (χ1n) is 6.58. The van der Waals surface area contributed by atoms with Crippen LogP contribution in [-0.4, -0.2) is 26.2 Å². The van der Waals surface area contributed by atoms with Crippen LogP contribution >= 0.6 is 0 Å². The molecule has 2 N–H and O–H groups in total. The predicted octanol–water partition coefficient (Wildman–Crippen LogP) is 1.32. The van der Waals surface area contributed by atoms with Gasteiger partial charge in [0.25, 0.3) is 0 Å². The van der Waals surface area contributed by atoms with E-state index in [1.54, 1.807) is 0 Å². The van der Waals surface area contributed by atoms with Crippen molar-refractivity contribution in [1.82, 2.24) is 10.6 Å². The average molecular weight is 232 g/mol. The Morgan fingerprint density at radius 1 is 1.35 bits per heavy atom. The highest BCUT2D eigenvalue weighted by molar-refractivity contribution is 5.38. The molecule has 0 spiro atoms. The second-order valence-corrected chi connectivity index (χ2v) is 5.05. The van der Waals surface area contributed by atoms with Crippen molar-refractivity contribution in [2.45, 2.75) is 19.4 Å². The number of hydrogen-bond donors (Lipinski definition) is 2. The van der Waals surface area contributed by atoms with Crippen LogP contribution in [0.5, 0.6) is 5.75 Å². The summed E-state index contributed by atoms with van der Waals surface area (Å²) in [5.74, 6) is 1.92. The van der Waals surface area contributed by atoms with E-state index in [0.29, 0.717) is 0 Å².